The third-order valence-corrected chi connectivity index (χ3v) is 5.48. The quantitative estimate of drug-likeness (QED) is 0.868. The lowest BCUT2D eigenvalue weighted by Gasteiger charge is -2.25. The normalized spacial score (nSPS) is 18.3. The third-order valence-electron chi connectivity index (χ3n) is 5.24. The number of likely N-dealkylation sites (tertiary alicyclic amines) is 2. The number of nitrogens with one attached hydrogen (secondary N) is 1. The predicted octanol–water partition coefficient (Wildman–Crippen LogP) is 3.78. The van der Waals surface area contributed by atoms with Crippen molar-refractivity contribution in [3.63, 3.8) is 0 Å². The minimum atomic E-state index is -0.00814. The van der Waals surface area contributed by atoms with Crippen LogP contribution in [0.25, 0.3) is 0 Å². The number of hydrogen-bond acceptors (Lipinski definition) is 3. The van der Waals surface area contributed by atoms with Gasteiger partial charge < -0.3 is 15.1 Å². The Balaban J connectivity index is 1.65. The zero-order valence-electron chi connectivity index (χ0n) is 15.3. The van der Waals surface area contributed by atoms with E-state index in [0.29, 0.717) is 16.3 Å². The van der Waals surface area contributed by atoms with Gasteiger partial charge in [-0.15, -0.1) is 0 Å². The van der Waals surface area contributed by atoms with E-state index < -0.39 is 0 Å². The van der Waals surface area contributed by atoms with Crippen LogP contribution >= 0.6 is 11.6 Å². The van der Waals surface area contributed by atoms with Gasteiger partial charge in [0.2, 0.25) is 5.91 Å². The number of hydrogen-bond donors (Lipinski definition) is 1. The number of anilines is 1. The molecule has 0 aliphatic carbocycles. The summed E-state index contributed by atoms with van der Waals surface area (Å²) in [6, 6.07) is 5.25. The van der Waals surface area contributed by atoms with Crippen LogP contribution in [-0.4, -0.2) is 54.3 Å². The van der Waals surface area contributed by atoms with Crippen molar-refractivity contribution in [2.45, 2.75) is 44.9 Å². The molecule has 2 amide bonds. The van der Waals surface area contributed by atoms with Crippen LogP contribution in [0.1, 0.15) is 55.3 Å². The molecular formula is C20H28ClN3O2. The molecular weight excluding hydrogens is 350 g/mol. The molecule has 142 valence electrons. The molecule has 1 aromatic carbocycles. The molecule has 2 heterocycles. The molecule has 1 N–H and O–H groups in total. The molecule has 0 radical (unpaired) electrons. The first-order valence-electron chi connectivity index (χ1n) is 9.75. The second kappa shape index (κ2) is 9.26. The topological polar surface area (TPSA) is 52.7 Å². The second-order valence-corrected chi connectivity index (χ2v) is 7.63. The highest BCUT2D eigenvalue weighted by atomic mass is 35.5. The first-order chi connectivity index (χ1) is 12.6. The fourth-order valence-corrected chi connectivity index (χ4v) is 3.89. The van der Waals surface area contributed by atoms with E-state index in [4.69, 9.17) is 11.6 Å². The maximum atomic E-state index is 12.8. The Labute approximate surface area is 160 Å². The number of amides is 2. The van der Waals surface area contributed by atoms with Crippen molar-refractivity contribution in [1.29, 1.82) is 0 Å². The predicted molar refractivity (Wildman–Crippen MR) is 105 cm³/mol. The van der Waals surface area contributed by atoms with Crippen molar-refractivity contribution in [2.24, 2.45) is 0 Å². The highest BCUT2D eigenvalue weighted by Gasteiger charge is 2.23. The fourth-order valence-electron chi connectivity index (χ4n) is 3.72. The van der Waals surface area contributed by atoms with Gasteiger partial charge >= 0.3 is 0 Å². The van der Waals surface area contributed by atoms with Crippen LogP contribution in [0.2, 0.25) is 5.02 Å². The second-order valence-electron chi connectivity index (χ2n) is 7.19. The monoisotopic (exact) mass is 377 g/mol. The van der Waals surface area contributed by atoms with Gasteiger partial charge in [0.25, 0.3) is 5.91 Å². The number of carbonyl (C=O) groups excluding carboxylic acids is 2. The smallest absolute Gasteiger partial charge is 0.256 e. The Morgan fingerprint density at radius 1 is 0.885 bits per heavy atom. The molecule has 2 saturated heterocycles. The molecule has 0 bridgehead atoms. The largest absolute Gasteiger partial charge is 0.376 e. The summed E-state index contributed by atoms with van der Waals surface area (Å²) in [6.07, 6.45) is 7.90. The average Bonchev–Trinajstić information content (AvgIpc) is 3.14. The molecule has 3 rings (SSSR count). The highest BCUT2D eigenvalue weighted by Crippen LogP contribution is 2.24. The van der Waals surface area contributed by atoms with Crippen molar-refractivity contribution in [3.05, 3.63) is 28.8 Å². The lowest BCUT2D eigenvalue weighted by atomic mass is 10.1. The Morgan fingerprint density at radius 2 is 1.46 bits per heavy atom. The van der Waals surface area contributed by atoms with E-state index in [9.17, 15) is 9.59 Å². The molecule has 2 fully saturated rings. The molecule has 0 spiro atoms. The Kier molecular flexibility index (Phi) is 6.78. The minimum Gasteiger partial charge on any atom is -0.376 e. The maximum Gasteiger partial charge on any atom is 0.256 e. The molecule has 1 aromatic rings. The molecule has 26 heavy (non-hydrogen) atoms. The van der Waals surface area contributed by atoms with Crippen LogP contribution in [0.15, 0.2) is 18.2 Å². The van der Waals surface area contributed by atoms with Crippen molar-refractivity contribution >= 4 is 29.1 Å². The Bertz CT molecular complexity index is 636. The summed E-state index contributed by atoms with van der Waals surface area (Å²) in [5.41, 5.74) is 1.24. The van der Waals surface area contributed by atoms with Crippen molar-refractivity contribution in [1.82, 2.24) is 9.80 Å². The van der Waals surface area contributed by atoms with Gasteiger partial charge in [0, 0.05) is 36.9 Å². The number of carbonyl (C=O) groups is 2. The van der Waals surface area contributed by atoms with Gasteiger partial charge in [0.1, 0.15) is 0 Å². The van der Waals surface area contributed by atoms with Gasteiger partial charge in [0.15, 0.2) is 0 Å². The summed E-state index contributed by atoms with van der Waals surface area (Å²) < 4.78 is 0. The van der Waals surface area contributed by atoms with Crippen LogP contribution in [0, 0.1) is 0 Å². The van der Waals surface area contributed by atoms with Crippen LogP contribution in [0.4, 0.5) is 5.69 Å². The number of nitrogens with zero attached hydrogens (tertiary/aromatic N) is 2. The van der Waals surface area contributed by atoms with Crippen LogP contribution in [-0.2, 0) is 4.79 Å². The van der Waals surface area contributed by atoms with Gasteiger partial charge in [-0.25, -0.2) is 0 Å². The van der Waals surface area contributed by atoms with Gasteiger partial charge in [-0.05, 0) is 43.9 Å². The van der Waals surface area contributed by atoms with E-state index in [2.05, 4.69) is 5.32 Å². The Morgan fingerprint density at radius 3 is 2.15 bits per heavy atom. The van der Waals surface area contributed by atoms with E-state index in [1.54, 1.807) is 18.2 Å². The molecule has 2 aliphatic rings. The minimum absolute atomic E-state index is 0.00814. The standard InChI is InChI=1S/C20H28ClN3O2/c21-16-8-9-18(17(14-16)20(26)24-12-6-7-13-24)22-15-19(25)23-10-4-2-1-3-5-11-23/h8-9,14,22H,1-7,10-13,15H2. The van der Waals surface area contributed by atoms with Crippen LogP contribution in [0.3, 0.4) is 0 Å². The van der Waals surface area contributed by atoms with Crippen LogP contribution < -0.4 is 5.32 Å². The number of halogens is 1. The zero-order valence-corrected chi connectivity index (χ0v) is 16.1. The number of benzene rings is 1. The maximum absolute atomic E-state index is 12.8. The van der Waals surface area contributed by atoms with Crippen molar-refractivity contribution < 1.29 is 9.59 Å². The molecule has 0 unspecified atom stereocenters. The summed E-state index contributed by atoms with van der Waals surface area (Å²) >= 11 is 6.11. The summed E-state index contributed by atoms with van der Waals surface area (Å²) in [7, 11) is 0. The number of rotatable bonds is 4. The van der Waals surface area contributed by atoms with E-state index >= 15 is 0 Å². The molecule has 5 nitrogen and oxygen atoms in total. The molecule has 2 aliphatic heterocycles. The summed E-state index contributed by atoms with van der Waals surface area (Å²) in [5.74, 6) is 0.0904. The van der Waals surface area contributed by atoms with Gasteiger partial charge in [-0.1, -0.05) is 30.9 Å². The van der Waals surface area contributed by atoms with E-state index in [1.807, 2.05) is 9.80 Å². The zero-order chi connectivity index (χ0) is 18.4. The highest BCUT2D eigenvalue weighted by molar-refractivity contribution is 6.31. The fraction of sp³-hybridized carbons (Fsp3) is 0.600. The summed E-state index contributed by atoms with van der Waals surface area (Å²) in [6.45, 7) is 3.46. The van der Waals surface area contributed by atoms with E-state index in [-0.39, 0.29) is 18.4 Å². The summed E-state index contributed by atoms with van der Waals surface area (Å²) in [4.78, 5) is 29.2. The first-order valence-corrected chi connectivity index (χ1v) is 10.1. The summed E-state index contributed by atoms with van der Waals surface area (Å²) in [5, 5.41) is 3.72. The van der Waals surface area contributed by atoms with Gasteiger partial charge in [0.05, 0.1) is 12.1 Å². The molecule has 0 aromatic heterocycles. The van der Waals surface area contributed by atoms with Gasteiger partial charge in [-0.2, -0.15) is 0 Å². The third kappa shape index (κ3) is 4.91. The molecule has 6 heteroatoms. The Hall–Kier alpha value is -1.75. The first kappa shape index (κ1) is 19.0. The molecule has 0 saturated carbocycles. The van der Waals surface area contributed by atoms with E-state index in [1.165, 1.54) is 19.3 Å². The van der Waals surface area contributed by atoms with Crippen molar-refractivity contribution in [2.75, 3.05) is 38.0 Å². The average molecular weight is 378 g/mol. The molecule has 0 atom stereocenters. The SMILES string of the molecule is O=C(CNc1ccc(Cl)cc1C(=O)N1CCCC1)N1CCCCCCC1. The van der Waals surface area contributed by atoms with Crippen molar-refractivity contribution in [3.8, 4) is 0 Å². The lowest BCUT2D eigenvalue weighted by Crippen LogP contribution is -2.38. The van der Waals surface area contributed by atoms with E-state index in [0.717, 1.165) is 51.9 Å². The lowest BCUT2D eigenvalue weighted by molar-refractivity contribution is -0.129. The van der Waals surface area contributed by atoms with Crippen LogP contribution in [0.5, 0.6) is 0 Å². The van der Waals surface area contributed by atoms with Gasteiger partial charge in [-0.3, -0.25) is 9.59 Å².